The van der Waals surface area contributed by atoms with E-state index < -0.39 is 5.97 Å². The van der Waals surface area contributed by atoms with Gasteiger partial charge >= 0.3 is 5.97 Å². The molecule has 1 saturated carbocycles. The maximum atomic E-state index is 11.2. The summed E-state index contributed by atoms with van der Waals surface area (Å²) in [7, 11) is 0. The summed E-state index contributed by atoms with van der Waals surface area (Å²) >= 11 is 0. The Morgan fingerprint density at radius 1 is 1.14 bits per heavy atom. The molecule has 0 amide bonds. The third-order valence-electron chi connectivity index (χ3n) is 3.91. The van der Waals surface area contributed by atoms with E-state index in [4.69, 9.17) is 0 Å². The summed E-state index contributed by atoms with van der Waals surface area (Å²) in [4.78, 5) is 11.2. The van der Waals surface area contributed by atoms with E-state index in [2.05, 4.69) is 5.32 Å². The summed E-state index contributed by atoms with van der Waals surface area (Å²) in [6, 6.07) is -0.281. The highest BCUT2D eigenvalue weighted by Gasteiger charge is 2.44. The van der Waals surface area contributed by atoms with Crippen molar-refractivity contribution in [3.8, 4) is 0 Å². The first-order valence-electron chi connectivity index (χ1n) is 5.71. The first-order valence-corrected chi connectivity index (χ1v) is 5.71. The monoisotopic (exact) mass is 197 g/mol. The summed E-state index contributed by atoms with van der Waals surface area (Å²) in [5.74, 6) is -0.647. The predicted octanol–water partition coefficient (Wildman–Crippen LogP) is 1.77. The zero-order chi connectivity index (χ0) is 10.0. The van der Waals surface area contributed by atoms with Crippen molar-refractivity contribution in [1.82, 2.24) is 5.32 Å². The maximum absolute atomic E-state index is 11.2. The molecule has 1 aliphatic carbocycles. The van der Waals surface area contributed by atoms with E-state index in [-0.39, 0.29) is 11.5 Å². The van der Waals surface area contributed by atoms with Gasteiger partial charge in [0.15, 0.2) is 0 Å². The molecule has 0 bridgehead atoms. The van der Waals surface area contributed by atoms with Gasteiger partial charge in [-0.2, -0.15) is 0 Å². The van der Waals surface area contributed by atoms with Crippen molar-refractivity contribution in [2.75, 3.05) is 6.54 Å². The first-order chi connectivity index (χ1) is 6.75. The second-order valence-corrected chi connectivity index (χ2v) is 4.75. The quantitative estimate of drug-likeness (QED) is 0.673. The predicted molar refractivity (Wildman–Crippen MR) is 54.2 cm³/mol. The molecule has 3 heteroatoms. The van der Waals surface area contributed by atoms with Crippen LogP contribution in [0.1, 0.15) is 44.9 Å². The number of aliphatic carboxylic acids is 1. The molecule has 2 fully saturated rings. The van der Waals surface area contributed by atoms with Crippen LogP contribution >= 0.6 is 0 Å². The Balaban J connectivity index is 2.14. The van der Waals surface area contributed by atoms with E-state index >= 15 is 0 Å². The Bertz CT molecular complexity index is 213. The Hall–Kier alpha value is -0.570. The van der Waals surface area contributed by atoms with Crippen molar-refractivity contribution in [2.24, 2.45) is 5.41 Å². The highest BCUT2D eigenvalue weighted by molar-refractivity contribution is 5.74. The molecule has 2 N–H and O–H groups in total. The van der Waals surface area contributed by atoms with Gasteiger partial charge in [-0.25, -0.2) is 0 Å². The number of piperidine rings is 1. The third-order valence-corrected chi connectivity index (χ3v) is 3.91. The SMILES string of the molecule is O=C(O)C1NCCCC12CCCCC2. The second kappa shape index (κ2) is 3.89. The van der Waals surface area contributed by atoms with Crippen molar-refractivity contribution >= 4 is 5.97 Å². The lowest BCUT2D eigenvalue weighted by Gasteiger charge is -2.45. The van der Waals surface area contributed by atoms with E-state index in [0.29, 0.717) is 0 Å². The summed E-state index contributed by atoms with van der Waals surface area (Å²) in [5, 5.41) is 12.4. The van der Waals surface area contributed by atoms with Crippen LogP contribution in [-0.4, -0.2) is 23.7 Å². The van der Waals surface area contributed by atoms with Crippen molar-refractivity contribution in [2.45, 2.75) is 51.0 Å². The maximum Gasteiger partial charge on any atom is 0.321 e. The van der Waals surface area contributed by atoms with Crippen LogP contribution in [0.2, 0.25) is 0 Å². The molecule has 0 aromatic carbocycles. The minimum Gasteiger partial charge on any atom is -0.480 e. The number of carboxylic acid groups (broad SMARTS) is 1. The average molecular weight is 197 g/mol. The molecular formula is C11H19NO2. The molecule has 0 radical (unpaired) electrons. The number of rotatable bonds is 1. The minimum atomic E-state index is -0.647. The first kappa shape index (κ1) is 9.97. The molecule has 1 unspecified atom stereocenters. The fourth-order valence-electron chi connectivity index (χ4n) is 3.19. The Morgan fingerprint density at radius 2 is 1.79 bits per heavy atom. The molecule has 3 nitrogen and oxygen atoms in total. The summed E-state index contributed by atoms with van der Waals surface area (Å²) < 4.78 is 0. The lowest BCUT2D eigenvalue weighted by Crippen LogP contribution is -2.54. The number of nitrogens with one attached hydrogen (secondary N) is 1. The van der Waals surface area contributed by atoms with Crippen molar-refractivity contribution in [3.05, 3.63) is 0 Å². The molecule has 2 rings (SSSR count). The molecule has 1 heterocycles. The second-order valence-electron chi connectivity index (χ2n) is 4.75. The number of hydrogen-bond acceptors (Lipinski definition) is 2. The Morgan fingerprint density at radius 3 is 2.43 bits per heavy atom. The van der Waals surface area contributed by atoms with Crippen LogP contribution in [0.15, 0.2) is 0 Å². The molecular weight excluding hydrogens is 178 g/mol. The van der Waals surface area contributed by atoms with Gasteiger partial charge in [0.2, 0.25) is 0 Å². The van der Waals surface area contributed by atoms with Crippen molar-refractivity contribution in [1.29, 1.82) is 0 Å². The van der Waals surface area contributed by atoms with Crippen LogP contribution in [-0.2, 0) is 4.79 Å². The summed E-state index contributed by atoms with van der Waals surface area (Å²) in [5.41, 5.74) is 0.0856. The summed E-state index contributed by atoms with van der Waals surface area (Å²) in [6.45, 7) is 0.874. The lowest BCUT2D eigenvalue weighted by molar-refractivity contribution is -0.145. The van der Waals surface area contributed by atoms with Gasteiger partial charge < -0.3 is 10.4 Å². The van der Waals surface area contributed by atoms with Crippen LogP contribution in [0.25, 0.3) is 0 Å². The Kier molecular flexibility index (Phi) is 2.77. The van der Waals surface area contributed by atoms with E-state index in [1.54, 1.807) is 0 Å². The smallest absolute Gasteiger partial charge is 0.321 e. The van der Waals surface area contributed by atoms with Gasteiger partial charge in [0, 0.05) is 0 Å². The van der Waals surface area contributed by atoms with Crippen molar-refractivity contribution < 1.29 is 9.90 Å². The summed E-state index contributed by atoms with van der Waals surface area (Å²) in [6.07, 6.45) is 8.18. The zero-order valence-corrected chi connectivity index (χ0v) is 8.59. The highest BCUT2D eigenvalue weighted by atomic mass is 16.4. The molecule has 0 aromatic rings. The fourth-order valence-corrected chi connectivity index (χ4v) is 3.19. The van der Waals surface area contributed by atoms with E-state index in [1.807, 2.05) is 0 Å². The molecule has 0 aromatic heterocycles. The standard InChI is InChI=1S/C11H19NO2/c13-10(14)9-11(7-4-8-12-9)5-2-1-3-6-11/h9,12H,1-8H2,(H,13,14). The largest absolute Gasteiger partial charge is 0.480 e. The van der Waals surface area contributed by atoms with Gasteiger partial charge in [-0.05, 0) is 37.6 Å². The normalized spacial score (nSPS) is 31.6. The average Bonchev–Trinajstić information content (AvgIpc) is 2.19. The van der Waals surface area contributed by atoms with Crippen LogP contribution in [0.4, 0.5) is 0 Å². The number of carbonyl (C=O) groups is 1. The van der Waals surface area contributed by atoms with Gasteiger partial charge in [-0.1, -0.05) is 19.3 Å². The highest BCUT2D eigenvalue weighted by Crippen LogP contribution is 2.44. The molecule has 80 valence electrons. The van der Waals surface area contributed by atoms with Gasteiger partial charge in [0.05, 0.1) is 0 Å². The fraction of sp³-hybridized carbons (Fsp3) is 0.909. The third kappa shape index (κ3) is 1.65. The van der Waals surface area contributed by atoms with Gasteiger partial charge in [-0.15, -0.1) is 0 Å². The van der Waals surface area contributed by atoms with Gasteiger partial charge in [0.25, 0.3) is 0 Å². The van der Waals surface area contributed by atoms with Gasteiger partial charge in [0.1, 0.15) is 6.04 Å². The lowest BCUT2D eigenvalue weighted by atomic mass is 9.65. The van der Waals surface area contributed by atoms with E-state index in [0.717, 1.165) is 32.2 Å². The molecule has 1 aliphatic heterocycles. The zero-order valence-electron chi connectivity index (χ0n) is 8.59. The molecule has 2 aliphatic rings. The van der Waals surface area contributed by atoms with Crippen LogP contribution in [0.5, 0.6) is 0 Å². The topological polar surface area (TPSA) is 49.3 Å². The number of carboxylic acids is 1. The molecule has 1 saturated heterocycles. The van der Waals surface area contributed by atoms with Gasteiger partial charge in [-0.3, -0.25) is 4.79 Å². The van der Waals surface area contributed by atoms with Crippen molar-refractivity contribution in [3.63, 3.8) is 0 Å². The van der Waals surface area contributed by atoms with Crippen LogP contribution in [0.3, 0.4) is 0 Å². The Labute approximate surface area is 84.9 Å². The molecule has 1 atom stereocenters. The molecule has 1 spiro atoms. The minimum absolute atomic E-state index is 0.0856. The van der Waals surface area contributed by atoms with E-state index in [1.165, 1.54) is 19.3 Å². The van der Waals surface area contributed by atoms with Crippen LogP contribution < -0.4 is 5.32 Å². The number of hydrogen-bond donors (Lipinski definition) is 2. The molecule has 14 heavy (non-hydrogen) atoms. The van der Waals surface area contributed by atoms with E-state index in [9.17, 15) is 9.90 Å². The van der Waals surface area contributed by atoms with Crippen LogP contribution in [0, 0.1) is 5.41 Å².